The van der Waals surface area contributed by atoms with E-state index in [0.29, 0.717) is 6.42 Å². The van der Waals surface area contributed by atoms with Crippen LogP contribution in [0.3, 0.4) is 0 Å². The summed E-state index contributed by atoms with van der Waals surface area (Å²) in [6.45, 7) is 3.57. The van der Waals surface area contributed by atoms with Gasteiger partial charge in [0.1, 0.15) is 0 Å². The van der Waals surface area contributed by atoms with Crippen LogP contribution in [-0.4, -0.2) is 31.5 Å². The number of carbonyl (C=O) groups excluding carboxylic acids is 1. The fourth-order valence-electron chi connectivity index (χ4n) is 2.17. The first-order chi connectivity index (χ1) is 10.3. The molecule has 132 valence electrons. The van der Waals surface area contributed by atoms with Crippen molar-refractivity contribution >= 4 is 16.3 Å². The van der Waals surface area contributed by atoms with Crippen LogP contribution in [0.4, 0.5) is 0 Å². The predicted octanol–water partition coefficient (Wildman–Crippen LogP) is 3.23. The van der Waals surface area contributed by atoms with Gasteiger partial charge in [-0.05, 0) is 13.3 Å². The summed E-state index contributed by atoms with van der Waals surface area (Å²) in [4.78, 5) is 11.6. The number of hydrogen-bond acceptors (Lipinski definition) is 4. The smallest absolute Gasteiger partial charge is 0.351 e. The Balaban J connectivity index is 3.46. The molecule has 0 saturated carbocycles. The minimum atomic E-state index is -4.44. The van der Waals surface area contributed by atoms with Gasteiger partial charge in [0.05, 0.1) is 12.6 Å². The summed E-state index contributed by atoms with van der Waals surface area (Å²) in [5.41, 5.74) is 0. The summed E-state index contributed by atoms with van der Waals surface area (Å²) in [6, 6.07) is -0.451. The molecular weight excluding hydrogens is 306 g/mol. The standard InChI is InChI=1S/C15H31NO5S/c1-3-4-5-6-7-8-9-10-11-12-15(17)16-14(2)13-21-22(18,19)20/h14H,3-13H2,1-2H3,(H,16,17)(H,18,19,20). The first-order valence-electron chi connectivity index (χ1n) is 8.26. The van der Waals surface area contributed by atoms with Gasteiger partial charge in [-0.15, -0.1) is 0 Å². The maximum Gasteiger partial charge on any atom is 0.397 e. The summed E-state index contributed by atoms with van der Waals surface area (Å²) in [7, 11) is -4.44. The quantitative estimate of drug-likeness (QED) is 0.375. The molecule has 0 saturated heterocycles. The molecule has 22 heavy (non-hydrogen) atoms. The zero-order valence-electron chi connectivity index (χ0n) is 13.8. The van der Waals surface area contributed by atoms with E-state index in [4.69, 9.17) is 4.55 Å². The van der Waals surface area contributed by atoms with Crippen molar-refractivity contribution in [2.24, 2.45) is 0 Å². The van der Waals surface area contributed by atoms with Crippen molar-refractivity contribution in [2.45, 2.75) is 84.1 Å². The molecule has 0 rings (SSSR count). The lowest BCUT2D eigenvalue weighted by atomic mass is 10.1. The van der Waals surface area contributed by atoms with Crippen molar-refractivity contribution < 1.29 is 21.9 Å². The van der Waals surface area contributed by atoms with Crippen molar-refractivity contribution in [3.8, 4) is 0 Å². The number of hydrogen-bond donors (Lipinski definition) is 2. The van der Waals surface area contributed by atoms with E-state index in [-0.39, 0.29) is 12.5 Å². The van der Waals surface area contributed by atoms with Crippen LogP contribution in [0.5, 0.6) is 0 Å². The number of amides is 1. The van der Waals surface area contributed by atoms with Gasteiger partial charge in [0.2, 0.25) is 5.91 Å². The molecule has 0 bridgehead atoms. The lowest BCUT2D eigenvalue weighted by molar-refractivity contribution is -0.122. The molecule has 0 spiro atoms. The largest absolute Gasteiger partial charge is 0.397 e. The Bertz CT molecular complexity index is 383. The molecule has 6 nitrogen and oxygen atoms in total. The Kier molecular flexibility index (Phi) is 12.5. The summed E-state index contributed by atoms with van der Waals surface area (Å²) >= 11 is 0. The van der Waals surface area contributed by atoms with E-state index < -0.39 is 16.4 Å². The van der Waals surface area contributed by atoms with E-state index in [1.165, 1.54) is 38.5 Å². The molecule has 0 aromatic heterocycles. The second kappa shape index (κ2) is 12.8. The molecule has 0 heterocycles. The van der Waals surface area contributed by atoms with Gasteiger partial charge in [-0.3, -0.25) is 9.35 Å². The Morgan fingerprint density at radius 3 is 2.05 bits per heavy atom. The van der Waals surface area contributed by atoms with E-state index in [9.17, 15) is 13.2 Å². The molecular formula is C15H31NO5S. The van der Waals surface area contributed by atoms with Crippen LogP contribution >= 0.6 is 0 Å². The zero-order chi connectivity index (χ0) is 16.8. The molecule has 0 aliphatic carbocycles. The molecule has 7 heteroatoms. The molecule has 1 unspecified atom stereocenters. The lowest BCUT2D eigenvalue weighted by Crippen LogP contribution is -2.36. The Labute approximate surface area is 135 Å². The van der Waals surface area contributed by atoms with Gasteiger partial charge < -0.3 is 5.32 Å². The molecule has 0 fully saturated rings. The molecule has 1 amide bonds. The van der Waals surface area contributed by atoms with Gasteiger partial charge in [-0.2, -0.15) is 8.42 Å². The second-order valence-corrected chi connectivity index (χ2v) is 6.85. The van der Waals surface area contributed by atoms with Crippen LogP contribution in [0.25, 0.3) is 0 Å². The van der Waals surface area contributed by atoms with E-state index in [1.807, 2.05) is 0 Å². The Hall–Kier alpha value is -0.660. The molecule has 2 N–H and O–H groups in total. The second-order valence-electron chi connectivity index (χ2n) is 5.76. The maximum absolute atomic E-state index is 11.6. The molecule has 0 radical (unpaired) electrons. The monoisotopic (exact) mass is 337 g/mol. The van der Waals surface area contributed by atoms with E-state index in [0.717, 1.165) is 19.3 Å². The average Bonchev–Trinajstić information content (AvgIpc) is 2.42. The molecule has 0 aromatic rings. The lowest BCUT2D eigenvalue weighted by Gasteiger charge is -2.12. The number of unbranched alkanes of at least 4 members (excludes halogenated alkanes) is 8. The van der Waals surface area contributed by atoms with Crippen LogP contribution in [0.2, 0.25) is 0 Å². The van der Waals surface area contributed by atoms with Gasteiger partial charge in [-0.1, -0.05) is 58.3 Å². The maximum atomic E-state index is 11.6. The normalized spacial score (nSPS) is 13.0. The Morgan fingerprint density at radius 1 is 1.05 bits per heavy atom. The highest BCUT2D eigenvalue weighted by molar-refractivity contribution is 7.80. The van der Waals surface area contributed by atoms with Gasteiger partial charge in [-0.25, -0.2) is 4.18 Å². The van der Waals surface area contributed by atoms with Crippen LogP contribution in [0.15, 0.2) is 0 Å². The van der Waals surface area contributed by atoms with Crippen LogP contribution < -0.4 is 5.32 Å². The van der Waals surface area contributed by atoms with E-state index in [2.05, 4.69) is 16.4 Å². The fraction of sp³-hybridized carbons (Fsp3) is 0.933. The van der Waals surface area contributed by atoms with E-state index >= 15 is 0 Å². The van der Waals surface area contributed by atoms with Crippen LogP contribution in [0.1, 0.15) is 78.1 Å². The third-order valence-corrected chi connectivity index (χ3v) is 3.82. The zero-order valence-corrected chi connectivity index (χ0v) is 14.7. The molecule has 0 aliphatic heterocycles. The van der Waals surface area contributed by atoms with Crippen molar-refractivity contribution in [3.63, 3.8) is 0 Å². The van der Waals surface area contributed by atoms with Gasteiger partial charge in [0, 0.05) is 6.42 Å². The van der Waals surface area contributed by atoms with E-state index in [1.54, 1.807) is 6.92 Å². The number of nitrogens with one attached hydrogen (secondary N) is 1. The average molecular weight is 337 g/mol. The first-order valence-corrected chi connectivity index (χ1v) is 9.63. The van der Waals surface area contributed by atoms with Gasteiger partial charge in [0.15, 0.2) is 0 Å². The van der Waals surface area contributed by atoms with Gasteiger partial charge in [0.25, 0.3) is 0 Å². The number of carbonyl (C=O) groups is 1. The molecule has 0 aromatic carbocycles. The minimum Gasteiger partial charge on any atom is -0.351 e. The predicted molar refractivity (Wildman–Crippen MR) is 86.9 cm³/mol. The van der Waals surface area contributed by atoms with Crippen molar-refractivity contribution in [2.75, 3.05) is 6.61 Å². The first kappa shape index (κ1) is 21.3. The SMILES string of the molecule is CCCCCCCCCCCC(=O)NC(C)COS(=O)(=O)O. The Morgan fingerprint density at radius 2 is 1.55 bits per heavy atom. The highest BCUT2D eigenvalue weighted by Crippen LogP contribution is 2.10. The molecule has 0 aliphatic rings. The summed E-state index contributed by atoms with van der Waals surface area (Å²) < 4.78 is 33.4. The van der Waals surface area contributed by atoms with Crippen LogP contribution in [0, 0.1) is 0 Å². The minimum absolute atomic E-state index is 0.116. The van der Waals surface area contributed by atoms with Crippen molar-refractivity contribution in [1.82, 2.24) is 5.32 Å². The van der Waals surface area contributed by atoms with Crippen LogP contribution in [-0.2, 0) is 19.4 Å². The molecule has 1 atom stereocenters. The summed E-state index contributed by atoms with van der Waals surface area (Å²) in [5.74, 6) is -0.116. The third-order valence-electron chi connectivity index (χ3n) is 3.38. The topological polar surface area (TPSA) is 92.7 Å². The summed E-state index contributed by atoms with van der Waals surface area (Å²) in [6.07, 6.45) is 11.2. The highest BCUT2D eigenvalue weighted by atomic mass is 32.3. The number of rotatable bonds is 14. The van der Waals surface area contributed by atoms with Crippen molar-refractivity contribution in [1.29, 1.82) is 0 Å². The third kappa shape index (κ3) is 15.7. The highest BCUT2D eigenvalue weighted by Gasteiger charge is 2.11. The van der Waals surface area contributed by atoms with Gasteiger partial charge >= 0.3 is 10.4 Å². The summed E-state index contributed by atoms with van der Waals surface area (Å²) in [5, 5.41) is 2.64. The fourth-order valence-corrected chi connectivity index (χ4v) is 2.55. The van der Waals surface area contributed by atoms with Crippen molar-refractivity contribution in [3.05, 3.63) is 0 Å².